The van der Waals surface area contributed by atoms with E-state index in [2.05, 4.69) is 27.3 Å². The van der Waals surface area contributed by atoms with Gasteiger partial charge in [0, 0.05) is 15.8 Å². The molecule has 0 bridgehead atoms. The van der Waals surface area contributed by atoms with E-state index >= 15 is 0 Å². The van der Waals surface area contributed by atoms with Gasteiger partial charge in [-0.25, -0.2) is 0 Å². The minimum Gasteiger partial charge on any atom is -0.399 e. The maximum atomic E-state index is 9.12. The summed E-state index contributed by atoms with van der Waals surface area (Å²) in [6, 6.07) is 11.5. The molecule has 3 N–H and O–H groups in total. The van der Waals surface area contributed by atoms with E-state index in [1.165, 1.54) is 0 Å². The fraction of sp³-hybridized carbons (Fsp3) is 0.133. The molecule has 2 aromatic carbocycles. The molecule has 0 spiro atoms. The number of benzene rings is 2. The highest BCUT2D eigenvalue weighted by atomic mass is 79.9. The van der Waals surface area contributed by atoms with Gasteiger partial charge in [-0.2, -0.15) is 5.26 Å². The van der Waals surface area contributed by atoms with Crippen LogP contribution in [0.5, 0.6) is 0 Å². The van der Waals surface area contributed by atoms with E-state index in [9.17, 15) is 0 Å². The fourth-order valence-corrected chi connectivity index (χ4v) is 2.17. The summed E-state index contributed by atoms with van der Waals surface area (Å²) in [5, 5.41) is 12.4. The summed E-state index contributed by atoms with van der Waals surface area (Å²) in [5.41, 5.74) is 10.8. The zero-order valence-corrected chi connectivity index (χ0v) is 12.4. The molecule has 0 amide bonds. The van der Waals surface area contributed by atoms with Crippen LogP contribution in [0, 0.1) is 25.2 Å². The zero-order chi connectivity index (χ0) is 14.0. The molecule has 0 aliphatic carbocycles. The molecule has 96 valence electrons. The quantitative estimate of drug-likeness (QED) is 0.814. The third-order valence-corrected chi connectivity index (χ3v) is 4.13. The molecule has 3 nitrogen and oxygen atoms in total. The first-order chi connectivity index (χ1) is 9.01. The summed E-state index contributed by atoms with van der Waals surface area (Å²) in [7, 11) is 0. The second-order valence-electron chi connectivity index (χ2n) is 4.47. The normalized spacial score (nSPS) is 10.0. The van der Waals surface area contributed by atoms with Crippen LogP contribution in [0.3, 0.4) is 0 Å². The molecule has 0 saturated carbocycles. The van der Waals surface area contributed by atoms with E-state index in [1.807, 2.05) is 32.0 Å². The summed E-state index contributed by atoms with van der Waals surface area (Å²) in [6.07, 6.45) is 0. The zero-order valence-electron chi connectivity index (χ0n) is 10.8. The van der Waals surface area contributed by atoms with Crippen molar-refractivity contribution in [2.45, 2.75) is 13.8 Å². The third-order valence-electron chi connectivity index (χ3n) is 2.88. The van der Waals surface area contributed by atoms with Gasteiger partial charge < -0.3 is 11.1 Å². The summed E-state index contributed by atoms with van der Waals surface area (Å²) < 4.78 is 1.11. The highest BCUT2D eigenvalue weighted by Gasteiger charge is 2.06. The number of nitrogens with zero attached hydrogens (tertiary/aromatic N) is 1. The molecule has 4 heteroatoms. The van der Waals surface area contributed by atoms with Gasteiger partial charge in [0.05, 0.1) is 11.3 Å². The number of nitrogen functional groups attached to an aromatic ring is 1. The van der Waals surface area contributed by atoms with Gasteiger partial charge in [-0.1, -0.05) is 15.9 Å². The largest absolute Gasteiger partial charge is 0.399 e. The van der Waals surface area contributed by atoms with Gasteiger partial charge in [0.2, 0.25) is 0 Å². The Morgan fingerprint density at radius 2 is 1.79 bits per heavy atom. The van der Waals surface area contributed by atoms with E-state index in [-0.39, 0.29) is 0 Å². The molecule has 0 aliphatic rings. The minimum absolute atomic E-state index is 0.540. The smallest absolute Gasteiger partial charge is 0.101 e. The Hall–Kier alpha value is -1.99. The lowest BCUT2D eigenvalue weighted by Gasteiger charge is -2.12. The molecule has 0 aromatic heterocycles. The topological polar surface area (TPSA) is 61.8 Å². The van der Waals surface area contributed by atoms with E-state index in [4.69, 9.17) is 11.0 Å². The molecule has 0 atom stereocenters. The molecular formula is C15H14BrN3. The van der Waals surface area contributed by atoms with E-state index in [0.29, 0.717) is 11.3 Å². The first-order valence-corrected chi connectivity index (χ1v) is 6.64. The first-order valence-electron chi connectivity index (χ1n) is 5.84. The third kappa shape index (κ3) is 2.88. The Bertz CT molecular complexity index is 649. The minimum atomic E-state index is 0.540. The van der Waals surface area contributed by atoms with Crippen molar-refractivity contribution in [2.24, 2.45) is 0 Å². The Kier molecular flexibility index (Phi) is 3.77. The van der Waals surface area contributed by atoms with Crippen molar-refractivity contribution in [3.63, 3.8) is 0 Å². The van der Waals surface area contributed by atoms with Crippen molar-refractivity contribution in [3.8, 4) is 6.07 Å². The van der Waals surface area contributed by atoms with Gasteiger partial charge in [0.15, 0.2) is 0 Å². The number of hydrogen-bond donors (Lipinski definition) is 2. The Labute approximate surface area is 121 Å². The maximum Gasteiger partial charge on any atom is 0.101 e. The van der Waals surface area contributed by atoms with Crippen molar-refractivity contribution in [3.05, 3.63) is 51.5 Å². The molecule has 0 heterocycles. The second kappa shape index (κ2) is 5.33. The number of nitrogens with one attached hydrogen (secondary N) is 1. The number of hydrogen-bond acceptors (Lipinski definition) is 3. The highest BCUT2D eigenvalue weighted by molar-refractivity contribution is 9.10. The van der Waals surface area contributed by atoms with Crippen LogP contribution in [-0.4, -0.2) is 0 Å². The van der Waals surface area contributed by atoms with Gasteiger partial charge >= 0.3 is 0 Å². The molecule has 19 heavy (non-hydrogen) atoms. The molecule has 0 unspecified atom stereocenters. The standard InChI is InChI=1S/C15H14BrN3/c1-9-5-13(6-10(2)15(9)16)19-14-4-3-12(18)7-11(14)8-17/h3-7,19H,18H2,1-2H3. The Morgan fingerprint density at radius 3 is 2.37 bits per heavy atom. The van der Waals surface area contributed by atoms with Crippen molar-refractivity contribution >= 4 is 33.0 Å². The number of nitriles is 1. The van der Waals surface area contributed by atoms with Crippen LogP contribution in [0.25, 0.3) is 0 Å². The van der Waals surface area contributed by atoms with Gasteiger partial charge in [0.1, 0.15) is 6.07 Å². The van der Waals surface area contributed by atoms with Crippen LogP contribution in [0.1, 0.15) is 16.7 Å². The van der Waals surface area contributed by atoms with Gasteiger partial charge in [-0.3, -0.25) is 0 Å². The average Bonchev–Trinajstić information content (AvgIpc) is 2.38. The van der Waals surface area contributed by atoms with Crippen LogP contribution in [0.15, 0.2) is 34.8 Å². The number of nitrogens with two attached hydrogens (primary N) is 1. The number of anilines is 3. The van der Waals surface area contributed by atoms with E-state index in [1.54, 1.807) is 12.1 Å². The lowest BCUT2D eigenvalue weighted by molar-refractivity contribution is 1.33. The van der Waals surface area contributed by atoms with Crippen molar-refractivity contribution in [1.29, 1.82) is 5.26 Å². The highest BCUT2D eigenvalue weighted by Crippen LogP contribution is 2.28. The molecular weight excluding hydrogens is 302 g/mol. The number of aryl methyl sites for hydroxylation is 2. The summed E-state index contributed by atoms with van der Waals surface area (Å²) in [4.78, 5) is 0. The fourth-order valence-electron chi connectivity index (χ4n) is 1.94. The van der Waals surface area contributed by atoms with Crippen molar-refractivity contribution in [2.75, 3.05) is 11.1 Å². The molecule has 0 saturated heterocycles. The number of rotatable bonds is 2. The Balaban J connectivity index is 2.40. The van der Waals surface area contributed by atoms with Gasteiger partial charge in [-0.05, 0) is 55.3 Å². The lowest BCUT2D eigenvalue weighted by atomic mass is 10.1. The van der Waals surface area contributed by atoms with Gasteiger partial charge in [0.25, 0.3) is 0 Å². The van der Waals surface area contributed by atoms with Gasteiger partial charge in [-0.15, -0.1) is 0 Å². The molecule has 2 aromatic rings. The predicted octanol–water partition coefficient (Wildman–Crippen LogP) is 4.26. The Morgan fingerprint density at radius 1 is 1.16 bits per heavy atom. The van der Waals surface area contributed by atoms with Crippen LogP contribution in [-0.2, 0) is 0 Å². The maximum absolute atomic E-state index is 9.12. The molecule has 0 fully saturated rings. The van der Waals surface area contributed by atoms with Crippen LogP contribution >= 0.6 is 15.9 Å². The molecule has 0 radical (unpaired) electrons. The van der Waals surface area contributed by atoms with E-state index < -0.39 is 0 Å². The van der Waals surface area contributed by atoms with Crippen molar-refractivity contribution < 1.29 is 0 Å². The monoisotopic (exact) mass is 315 g/mol. The summed E-state index contributed by atoms with van der Waals surface area (Å²) >= 11 is 3.54. The van der Waals surface area contributed by atoms with Crippen LogP contribution < -0.4 is 11.1 Å². The molecule has 0 aliphatic heterocycles. The average molecular weight is 316 g/mol. The van der Waals surface area contributed by atoms with Crippen molar-refractivity contribution in [1.82, 2.24) is 0 Å². The van der Waals surface area contributed by atoms with Crippen LogP contribution in [0.2, 0.25) is 0 Å². The first kappa shape index (κ1) is 13.4. The van der Waals surface area contributed by atoms with E-state index in [0.717, 1.165) is 27.0 Å². The SMILES string of the molecule is Cc1cc(Nc2ccc(N)cc2C#N)cc(C)c1Br. The predicted molar refractivity (Wildman–Crippen MR) is 82.5 cm³/mol. The summed E-state index contributed by atoms with van der Waals surface area (Å²) in [6.45, 7) is 4.08. The number of halogens is 1. The summed E-state index contributed by atoms with van der Waals surface area (Å²) in [5.74, 6) is 0. The molecule has 2 rings (SSSR count). The lowest BCUT2D eigenvalue weighted by Crippen LogP contribution is -1.97. The van der Waals surface area contributed by atoms with Crippen LogP contribution in [0.4, 0.5) is 17.1 Å². The second-order valence-corrected chi connectivity index (χ2v) is 5.26.